The van der Waals surface area contributed by atoms with Crippen molar-refractivity contribution in [3.05, 3.63) is 56.6 Å². The van der Waals surface area contributed by atoms with Crippen molar-refractivity contribution in [3.63, 3.8) is 0 Å². The van der Waals surface area contributed by atoms with Crippen molar-refractivity contribution >= 4 is 43.7 Å². The maximum absolute atomic E-state index is 13.5. The lowest BCUT2D eigenvalue weighted by Crippen LogP contribution is -2.36. The van der Waals surface area contributed by atoms with Crippen LogP contribution in [0.5, 0.6) is 0 Å². The molecule has 0 saturated heterocycles. The minimum atomic E-state index is -0.505. The molecule has 0 radical (unpaired) electrons. The molecule has 0 fully saturated rings. The highest BCUT2D eigenvalue weighted by Gasteiger charge is 2.12. The molecule has 22 heavy (non-hydrogen) atoms. The summed E-state index contributed by atoms with van der Waals surface area (Å²) in [6, 6.07) is 7.51. The largest absolute Gasteiger partial charge is 0.444 e. The molecule has 2 amide bonds. The van der Waals surface area contributed by atoms with Gasteiger partial charge in [0.05, 0.1) is 6.54 Å². The van der Waals surface area contributed by atoms with Crippen LogP contribution in [0.3, 0.4) is 0 Å². The molecule has 0 saturated carbocycles. The SMILES string of the molecule is O=C(CNC(=O)c1ccc(Br)o1)NCc1cc(Br)ccc1F. The van der Waals surface area contributed by atoms with Gasteiger partial charge in [0.2, 0.25) is 5.91 Å². The molecule has 0 unspecified atom stereocenters. The van der Waals surface area contributed by atoms with E-state index >= 15 is 0 Å². The Hall–Kier alpha value is -1.67. The lowest BCUT2D eigenvalue weighted by molar-refractivity contribution is -0.120. The number of nitrogens with one attached hydrogen (secondary N) is 2. The average Bonchev–Trinajstić information content (AvgIpc) is 2.92. The van der Waals surface area contributed by atoms with E-state index in [0.29, 0.717) is 10.2 Å². The van der Waals surface area contributed by atoms with Crippen molar-refractivity contribution in [3.8, 4) is 0 Å². The van der Waals surface area contributed by atoms with Gasteiger partial charge in [0.1, 0.15) is 5.82 Å². The number of halogens is 3. The Balaban J connectivity index is 1.81. The van der Waals surface area contributed by atoms with Crippen LogP contribution >= 0.6 is 31.9 Å². The third-order valence-electron chi connectivity index (χ3n) is 2.69. The first kappa shape index (κ1) is 16.7. The third kappa shape index (κ3) is 4.67. The van der Waals surface area contributed by atoms with E-state index in [4.69, 9.17) is 4.42 Å². The van der Waals surface area contributed by atoms with E-state index in [0.717, 1.165) is 4.47 Å². The molecule has 2 N–H and O–H groups in total. The molecule has 2 aromatic rings. The van der Waals surface area contributed by atoms with Gasteiger partial charge in [-0.3, -0.25) is 9.59 Å². The summed E-state index contributed by atoms with van der Waals surface area (Å²) in [5.41, 5.74) is 0.351. The molecule has 1 aromatic carbocycles. The molecule has 1 aromatic heterocycles. The van der Waals surface area contributed by atoms with Gasteiger partial charge in [0.15, 0.2) is 10.4 Å². The quantitative estimate of drug-likeness (QED) is 0.761. The van der Waals surface area contributed by atoms with Crippen LogP contribution < -0.4 is 10.6 Å². The number of benzene rings is 1. The molecule has 0 bridgehead atoms. The first-order valence-corrected chi connectivity index (χ1v) is 7.78. The van der Waals surface area contributed by atoms with Gasteiger partial charge in [0.25, 0.3) is 5.91 Å². The van der Waals surface area contributed by atoms with E-state index in [1.807, 2.05) is 0 Å². The Kier molecular flexibility index (Phi) is 5.73. The van der Waals surface area contributed by atoms with Crippen molar-refractivity contribution < 1.29 is 18.4 Å². The molecule has 116 valence electrons. The molecule has 2 rings (SSSR count). The van der Waals surface area contributed by atoms with Gasteiger partial charge < -0.3 is 15.1 Å². The van der Waals surface area contributed by atoms with Crippen molar-refractivity contribution in [2.75, 3.05) is 6.54 Å². The first-order chi connectivity index (χ1) is 10.5. The highest BCUT2D eigenvalue weighted by molar-refractivity contribution is 9.10. The van der Waals surface area contributed by atoms with E-state index in [-0.39, 0.29) is 18.8 Å². The van der Waals surface area contributed by atoms with Gasteiger partial charge in [0, 0.05) is 16.6 Å². The van der Waals surface area contributed by atoms with Gasteiger partial charge >= 0.3 is 0 Å². The monoisotopic (exact) mass is 432 g/mol. The maximum Gasteiger partial charge on any atom is 0.287 e. The second kappa shape index (κ2) is 7.55. The average molecular weight is 434 g/mol. The minimum Gasteiger partial charge on any atom is -0.444 e. The molecule has 0 atom stereocenters. The van der Waals surface area contributed by atoms with E-state index in [2.05, 4.69) is 42.5 Å². The summed E-state index contributed by atoms with van der Waals surface area (Å²) >= 11 is 6.31. The summed E-state index contributed by atoms with van der Waals surface area (Å²) in [5.74, 6) is -1.25. The smallest absolute Gasteiger partial charge is 0.287 e. The second-order valence-electron chi connectivity index (χ2n) is 4.30. The minimum absolute atomic E-state index is 0.0340. The number of carbonyl (C=O) groups excluding carboxylic acids is 2. The Morgan fingerprint density at radius 1 is 1.14 bits per heavy atom. The van der Waals surface area contributed by atoms with Crippen LogP contribution in [0.25, 0.3) is 0 Å². The van der Waals surface area contributed by atoms with Crippen LogP contribution in [0.15, 0.2) is 43.9 Å². The first-order valence-electron chi connectivity index (χ1n) is 6.20. The normalized spacial score (nSPS) is 10.3. The van der Waals surface area contributed by atoms with Crippen LogP contribution in [0.2, 0.25) is 0 Å². The van der Waals surface area contributed by atoms with Gasteiger partial charge in [-0.25, -0.2) is 4.39 Å². The zero-order valence-electron chi connectivity index (χ0n) is 11.2. The Morgan fingerprint density at radius 2 is 1.91 bits per heavy atom. The fourth-order valence-electron chi connectivity index (χ4n) is 1.62. The lowest BCUT2D eigenvalue weighted by Gasteiger charge is -2.07. The summed E-state index contributed by atoms with van der Waals surface area (Å²) in [6.07, 6.45) is 0. The molecule has 5 nitrogen and oxygen atoms in total. The maximum atomic E-state index is 13.5. The zero-order valence-corrected chi connectivity index (χ0v) is 14.3. The molecular formula is C14H11Br2FN2O3. The second-order valence-corrected chi connectivity index (χ2v) is 6.00. The van der Waals surface area contributed by atoms with E-state index in [1.165, 1.54) is 12.1 Å². The third-order valence-corrected chi connectivity index (χ3v) is 3.61. The molecule has 0 aliphatic heterocycles. The lowest BCUT2D eigenvalue weighted by atomic mass is 10.2. The van der Waals surface area contributed by atoms with E-state index in [1.54, 1.807) is 18.2 Å². The molecule has 0 spiro atoms. The molecule has 8 heteroatoms. The molecule has 0 aliphatic rings. The van der Waals surface area contributed by atoms with Crippen LogP contribution in [0.1, 0.15) is 16.1 Å². The number of hydrogen-bond acceptors (Lipinski definition) is 3. The predicted octanol–water partition coefficient (Wildman–Crippen LogP) is 2.99. The molecular weight excluding hydrogens is 423 g/mol. The number of furan rings is 1. The van der Waals surface area contributed by atoms with Crippen LogP contribution in [0.4, 0.5) is 4.39 Å². The topological polar surface area (TPSA) is 71.3 Å². The van der Waals surface area contributed by atoms with Crippen molar-refractivity contribution in [1.82, 2.24) is 10.6 Å². The Labute approximate surface area is 142 Å². The molecule has 1 heterocycles. The van der Waals surface area contributed by atoms with Crippen LogP contribution in [-0.4, -0.2) is 18.4 Å². The van der Waals surface area contributed by atoms with Crippen molar-refractivity contribution in [2.24, 2.45) is 0 Å². The fraction of sp³-hybridized carbons (Fsp3) is 0.143. The van der Waals surface area contributed by atoms with Gasteiger partial charge in [-0.05, 0) is 46.3 Å². The van der Waals surface area contributed by atoms with Gasteiger partial charge in [-0.15, -0.1) is 0 Å². The standard InChI is InChI=1S/C14H11Br2FN2O3/c15-9-1-2-10(17)8(5-9)6-18-13(20)7-19-14(21)11-3-4-12(16)22-11/h1-5H,6-7H2,(H,18,20)(H,19,21). The van der Waals surface area contributed by atoms with Crippen molar-refractivity contribution in [2.45, 2.75) is 6.54 Å². The zero-order chi connectivity index (χ0) is 16.1. The summed E-state index contributed by atoms with van der Waals surface area (Å²) in [7, 11) is 0. The van der Waals surface area contributed by atoms with Crippen molar-refractivity contribution in [1.29, 1.82) is 0 Å². The highest BCUT2D eigenvalue weighted by Crippen LogP contribution is 2.15. The predicted molar refractivity (Wildman–Crippen MR) is 84.7 cm³/mol. The summed E-state index contributed by atoms with van der Waals surface area (Å²) in [5, 5.41) is 4.93. The molecule has 0 aliphatic carbocycles. The number of rotatable bonds is 5. The van der Waals surface area contributed by atoms with E-state index < -0.39 is 17.6 Å². The van der Waals surface area contributed by atoms with Crippen LogP contribution in [0, 0.1) is 5.82 Å². The summed E-state index contributed by atoms with van der Waals surface area (Å²) in [4.78, 5) is 23.3. The van der Waals surface area contributed by atoms with E-state index in [9.17, 15) is 14.0 Å². The Bertz CT molecular complexity index is 703. The van der Waals surface area contributed by atoms with Crippen LogP contribution in [-0.2, 0) is 11.3 Å². The number of amides is 2. The van der Waals surface area contributed by atoms with Gasteiger partial charge in [-0.2, -0.15) is 0 Å². The summed E-state index contributed by atoms with van der Waals surface area (Å²) in [6.45, 7) is -0.195. The Morgan fingerprint density at radius 3 is 2.59 bits per heavy atom. The number of hydrogen-bond donors (Lipinski definition) is 2. The van der Waals surface area contributed by atoms with Gasteiger partial charge in [-0.1, -0.05) is 15.9 Å². The summed E-state index contributed by atoms with van der Waals surface area (Å²) < 4.78 is 19.7. The highest BCUT2D eigenvalue weighted by atomic mass is 79.9. The number of carbonyl (C=O) groups is 2. The fourth-order valence-corrected chi connectivity index (χ4v) is 2.33.